The lowest BCUT2D eigenvalue weighted by molar-refractivity contribution is 0.0927. The number of fused-ring (bicyclic) bond motifs is 1. The quantitative estimate of drug-likeness (QED) is 0.680. The Hall–Kier alpha value is -0.340. The minimum atomic E-state index is 0.875. The van der Waals surface area contributed by atoms with Crippen LogP contribution in [0.1, 0.15) is 40.0 Å². The largest absolute Gasteiger partial charge is 0.301 e. The van der Waals surface area contributed by atoms with Gasteiger partial charge in [0, 0.05) is 32.2 Å². The molecule has 2 unspecified atom stereocenters. The molecule has 2 heteroatoms. The lowest BCUT2D eigenvalue weighted by Gasteiger charge is -2.39. The van der Waals surface area contributed by atoms with E-state index in [1.807, 2.05) is 13.8 Å². The summed E-state index contributed by atoms with van der Waals surface area (Å²) in [5.41, 5.74) is 1.76. The molecule has 0 bridgehead atoms. The van der Waals surface area contributed by atoms with E-state index < -0.39 is 0 Å². The fourth-order valence-electron chi connectivity index (χ4n) is 3.17. The fourth-order valence-corrected chi connectivity index (χ4v) is 3.17. The van der Waals surface area contributed by atoms with Crippen molar-refractivity contribution >= 4 is 0 Å². The fraction of sp³-hybridized carbons (Fsp3) is 0.867. The first-order valence-electron chi connectivity index (χ1n) is 7.52. The maximum atomic E-state index is 2.73. The molecule has 0 N–H and O–H groups in total. The van der Waals surface area contributed by atoms with Crippen LogP contribution >= 0.6 is 0 Å². The summed E-state index contributed by atoms with van der Waals surface area (Å²) in [6.45, 7) is 12.7. The van der Waals surface area contributed by atoms with Gasteiger partial charge in [-0.25, -0.2) is 0 Å². The van der Waals surface area contributed by atoms with E-state index in [1.54, 1.807) is 5.57 Å². The first-order chi connectivity index (χ1) is 8.36. The third-order valence-electron chi connectivity index (χ3n) is 4.43. The average Bonchev–Trinajstić information content (AvgIpc) is 3.19. The summed E-state index contributed by atoms with van der Waals surface area (Å²) in [6.07, 6.45) is 6.73. The Kier molecular flexibility index (Phi) is 4.63. The second-order valence-corrected chi connectivity index (χ2v) is 5.28. The highest BCUT2D eigenvalue weighted by atomic mass is 15.3. The number of nitrogens with zero attached hydrogens (tertiary/aromatic N) is 2. The van der Waals surface area contributed by atoms with E-state index in [-0.39, 0.29) is 0 Å². The van der Waals surface area contributed by atoms with Crippen LogP contribution in [0.25, 0.3) is 0 Å². The SMILES string of the molecule is CC.CCN1CCN(C2CC=C3CC3C2)CC1. The first kappa shape index (κ1) is 13.1. The topological polar surface area (TPSA) is 6.48 Å². The molecule has 3 aliphatic rings. The average molecular weight is 236 g/mol. The standard InChI is InChI=1S/C13H22N2.C2H6/c1-2-14-5-7-15(8-6-14)13-4-3-11-9-12(11)10-13;1-2/h3,12-13H,2,4-10H2,1H3;1-2H3. The van der Waals surface area contributed by atoms with Crippen molar-refractivity contribution in [2.75, 3.05) is 32.7 Å². The second-order valence-electron chi connectivity index (χ2n) is 5.28. The minimum Gasteiger partial charge on any atom is -0.301 e. The summed E-state index contributed by atoms with van der Waals surface area (Å²) >= 11 is 0. The van der Waals surface area contributed by atoms with Gasteiger partial charge in [-0.1, -0.05) is 32.4 Å². The van der Waals surface area contributed by atoms with E-state index in [0.717, 1.165) is 12.0 Å². The van der Waals surface area contributed by atoms with Gasteiger partial charge in [-0.2, -0.15) is 0 Å². The number of likely N-dealkylation sites (N-methyl/N-ethyl adjacent to an activating group) is 1. The molecule has 1 heterocycles. The molecular weight excluding hydrogens is 208 g/mol. The van der Waals surface area contributed by atoms with Crippen LogP contribution in [0.2, 0.25) is 0 Å². The third kappa shape index (κ3) is 3.11. The summed E-state index contributed by atoms with van der Waals surface area (Å²) in [5.74, 6) is 0.993. The summed E-state index contributed by atoms with van der Waals surface area (Å²) < 4.78 is 0. The smallest absolute Gasteiger partial charge is 0.0137 e. The Balaban J connectivity index is 0.000000514. The Bertz CT molecular complexity index is 264. The van der Waals surface area contributed by atoms with Gasteiger partial charge in [0.25, 0.3) is 0 Å². The molecule has 3 rings (SSSR count). The van der Waals surface area contributed by atoms with Crippen LogP contribution in [-0.4, -0.2) is 48.6 Å². The van der Waals surface area contributed by atoms with Gasteiger partial charge in [0.2, 0.25) is 0 Å². The maximum absolute atomic E-state index is 2.73. The number of hydrogen-bond donors (Lipinski definition) is 0. The number of allylic oxidation sites excluding steroid dienone is 1. The van der Waals surface area contributed by atoms with E-state index >= 15 is 0 Å². The van der Waals surface area contributed by atoms with Crippen molar-refractivity contribution in [3.63, 3.8) is 0 Å². The summed E-state index contributed by atoms with van der Waals surface area (Å²) in [6, 6.07) is 0.875. The predicted molar refractivity (Wildman–Crippen MR) is 74.2 cm³/mol. The lowest BCUT2D eigenvalue weighted by Crippen LogP contribution is -2.50. The zero-order valence-corrected chi connectivity index (χ0v) is 11.8. The highest BCUT2D eigenvalue weighted by Gasteiger charge is 2.37. The Morgan fingerprint density at radius 2 is 1.88 bits per heavy atom. The van der Waals surface area contributed by atoms with E-state index in [9.17, 15) is 0 Å². The zero-order chi connectivity index (χ0) is 12.3. The molecule has 0 aromatic rings. The number of hydrogen-bond acceptors (Lipinski definition) is 2. The molecule has 1 saturated carbocycles. The molecule has 2 atom stereocenters. The van der Waals surface area contributed by atoms with Crippen LogP contribution in [0.15, 0.2) is 11.6 Å². The molecule has 17 heavy (non-hydrogen) atoms. The van der Waals surface area contributed by atoms with Crippen LogP contribution in [0.3, 0.4) is 0 Å². The van der Waals surface area contributed by atoms with Crippen molar-refractivity contribution in [3.8, 4) is 0 Å². The second kappa shape index (κ2) is 6.01. The van der Waals surface area contributed by atoms with E-state index in [4.69, 9.17) is 0 Å². The van der Waals surface area contributed by atoms with Gasteiger partial charge in [-0.05, 0) is 31.7 Å². The maximum Gasteiger partial charge on any atom is 0.0137 e. The molecule has 0 spiro atoms. The number of rotatable bonds is 2. The monoisotopic (exact) mass is 236 g/mol. The molecule has 0 aromatic carbocycles. The summed E-state index contributed by atoms with van der Waals surface area (Å²) in [7, 11) is 0. The van der Waals surface area contributed by atoms with Crippen LogP contribution in [0, 0.1) is 5.92 Å². The highest BCUT2D eigenvalue weighted by Crippen LogP contribution is 2.46. The molecule has 2 nitrogen and oxygen atoms in total. The van der Waals surface area contributed by atoms with Gasteiger partial charge in [0.05, 0.1) is 0 Å². The molecular formula is C15H28N2. The van der Waals surface area contributed by atoms with Crippen molar-refractivity contribution in [1.82, 2.24) is 9.80 Å². The van der Waals surface area contributed by atoms with Gasteiger partial charge in [0.15, 0.2) is 0 Å². The number of piperazine rings is 1. The first-order valence-corrected chi connectivity index (χ1v) is 7.52. The van der Waals surface area contributed by atoms with Crippen molar-refractivity contribution in [2.24, 2.45) is 5.92 Å². The molecule has 0 amide bonds. The van der Waals surface area contributed by atoms with Gasteiger partial charge in [0.1, 0.15) is 0 Å². The Morgan fingerprint density at radius 3 is 2.47 bits per heavy atom. The third-order valence-corrected chi connectivity index (χ3v) is 4.43. The Morgan fingerprint density at radius 1 is 1.18 bits per heavy atom. The van der Waals surface area contributed by atoms with Crippen molar-refractivity contribution in [1.29, 1.82) is 0 Å². The van der Waals surface area contributed by atoms with Crippen molar-refractivity contribution in [3.05, 3.63) is 11.6 Å². The summed E-state index contributed by atoms with van der Waals surface area (Å²) in [4.78, 5) is 5.30. The molecule has 2 aliphatic carbocycles. The van der Waals surface area contributed by atoms with Crippen LogP contribution < -0.4 is 0 Å². The molecule has 2 fully saturated rings. The molecule has 1 saturated heterocycles. The minimum absolute atomic E-state index is 0.875. The van der Waals surface area contributed by atoms with E-state index in [1.165, 1.54) is 52.0 Å². The molecule has 1 aliphatic heterocycles. The van der Waals surface area contributed by atoms with Crippen LogP contribution in [0.4, 0.5) is 0 Å². The van der Waals surface area contributed by atoms with Crippen molar-refractivity contribution < 1.29 is 0 Å². The lowest BCUT2D eigenvalue weighted by atomic mass is 9.99. The van der Waals surface area contributed by atoms with Gasteiger partial charge in [-0.15, -0.1) is 0 Å². The molecule has 0 aromatic heterocycles. The highest BCUT2D eigenvalue weighted by molar-refractivity contribution is 5.27. The van der Waals surface area contributed by atoms with E-state index in [2.05, 4.69) is 22.8 Å². The van der Waals surface area contributed by atoms with Crippen molar-refractivity contribution in [2.45, 2.75) is 46.1 Å². The van der Waals surface area contributed by atoms with Crippen LogP contribution in [-0.2, 0) is 0 Å². The van der Waals surface area contributed by atoms with Crippen LogP contribution in [0.5, 0.6) is 0 Å². The molecule has 0 radical (unpaired) electrons. The van der Waals surface area contributed by atoms with E-state index in [0.29, 0.717) is 0 Å². The van der Waals surface area contributed by atoms with Gasteiger partial charge in [-0.3, -0.25) is 4.90 Å². The Labute approximate surface area is 107 Å². The zero-order valence-electron chi connectivity index (χ0n) is 11.8. The normalized spacial score (nSPS) is 33.2. The molecule has 98 valence electrons. The predicted octanol–water partition coefficient (Wildman–Crippen LogP) is 2.76. The van der Waals surface area contributed by atoms with Gasteiger partial charge < -0.3 is 4.90 Å². The van der Waals surface area contributed by atoms with Gasteiger partial charge >= 0.3 is 0 Å². The summed E-state index contributed by atoms with van der Waals surface area (Å²) in [5, 5.41) is 0.